The van der Waals surface area contributed by atoms with Crippen LogP contribution < -0.4 is 4.90 Å². The third kappa shape index (κ3) is 4.50. The van der Waals surface area contributed by atoms with Gasteiger partial charge in [0.2, 0.25) is 0 Å². The zero-order chi connectivity index (χ0) is 13.5. The number of unbranched alkanes of at least 4 members (excludes halogenated alkanes) is 2. The molecule has 0 bridgehead atoms. The first-order valence-electron chi connectivity index (χ1n) is 7.67. The van der Waals surface area contributed by atoms with Gasteiger partial charge in [-0.05, 0) is 44.5 Å². The van der Waals surface area contributed by atoms with Crippen LogP contribution >= 0.6 is 0 Å². The van der Waals surface area contributed by atoms with Crippen molar-refractivity contribution in [1.82, 2.24) is 9.88 Å². The van der Waals surface area contributed by atoms with E-state index in [1.807, 2.05) is 12.4 Å². The summed E-state index contributed by atoms with van der Waals surface area (Å²) in [5.74, 6) is 0. The predicted octanol–water partition coefficient (Wildman–Crippen LogP) is 2.96. The van der Waals surface area contributed by atoms with Crippen molar-refractivity contribution in [3.8, 4) is 0 Å². The van der Waals surface area contributed by atoms with E-state index in [0.717, 1.165) is 19.6 Å². The van der Waals surface area contributed by atoms with Gasteiger partial charge in [0.1, 0.15) is 0 Å². The zero-order valence-corrected chi connectivity index (χ0v) is 12.4. The molecule has 0 saturated carbocycles. The Hall–Kier alpha value is -1.09. The second-order valence-corrected chi connectivity index (χ2v) is 5.65. The van der Waals surface area contributed by atoms with E-state index in [0.29, 0.717) is 0 Å². The minimum atomic E-state index is 1.12. The first-order valence-corrected chi connectivity index (χ1v) is 7.67. The Bertz CT molecular complexity index is 378. The molecule has 1 aromatic heterocycles. The summed E-state index contributed by atoms with van der Waals surface area (Å²) in [4.78, 5) is 9.33. The number of aromatic nitrogens is 1. The molecule has 1 aromatic rings. The second kappa shape index (κ2) is 7.49. The van der Waals surface area contributed by atoms with Gasteiger partial charge in [-0.25, -0.2) is 0 Å². The molecule has 0 amide bonds. The van der Waals surface area contributed by atoms with Gasteiger partial charge in [-0.2, -0.15) is 0 Å². The highest BCUT2D eigenvalue weighted by Gasteiger charge is 2.13. The molecular formula is C16H27N3. The van der Waals surface area contributed by atoms with Crippen molar-refractivity contribution in [3.05, 3.63) is 24.0 Å². The van der Waals surface area contributed by atoms with Gasteiger partial charge in [-0.1, -0.05) is 19.8 Å². The van der Waals surface area contributed by atoms with Gasteiger partial charge in [-0.15, -0.1) is 0 Å². The third-order valence-electron chi connectivity index (χ3n) is 3.93. The summed E-state index contributed by atoms with van der Waals surface area (Å²) in [6.45, 7) is 6.89. The van der Waals surface area contributed by atoms with Crippen molar-refractivity contribution in [2.45, 2.75) is 39.0 Å². The highest BCUT2D eigenvalue weighted by atomic mass is 15.2. The monoisotopic (exact) mass is 261 g/mol. The van der Waals surface area contributed by atoms with Gasteiger partial charge >= 0.3 is 0 Å². The van der Waals surface area contributed by atoms with E-state index in [2.05, 4.69) is 34.8 Å². The molecular weight excluding hydrogens is 234 g/mol. The fourth-order valence-corrected chi connectivity index (χ4v) is 2.67. The Kier molecular flexibility index (Phi) is 5.64. The molecule has 106 valence electrons. The first-order chi connectivity index (χ1) is 9.29. The molecule has 2 heterocycles. The Balaban J connectivity index is 1.97. The largest absolute Gasteiger partial charge is 0.369 e. The number of likely N-dealkylation sites (N-methyl/N-ethyl adjacent to an activating group) is 1. The third-order valence-corrected chi connectivity index (χ3v) is 3.93. The maximum atomic E-state index is 4.43. The number of aryl methyl sites for hydroxylation is 1. The van der Waals surface area contributed by atoms with Crippen LogP contribution in [0, 0.1) is 0 Å². The van der Waals surface area contributed by atoms with Crippen molar-refractivity contribution in [3.63, 3.8) is 0 Å². The highest BCUT2D eigenvalue weighted by Crippen LogP contribution is 2.18. The number of nitrogens with zero attached hydrogens (tertiary/aromatic N) is 3. The van der Waals surface area contributed by atoms with Crippen molar-refractivity contribution < 1.29 is 0 Å². The standard InChI is InChI=1S/C16H27N3/c1-3-4-5-7-15-12-16(14-17-13-15)19-9-6-8-18(2)10-11-19/h12-14H,3-11H2,1-2H3. The van der Waals surface area contributed by atoms with Crippen LogP contribution in [0.4, 0.5) is 5.69 Å². The molecule has 0 atom stereocenters. The molecule has 0 N–H and O–H groups in total. The molecule has 1 aliphatic rings. The first kappa shape index (κ1) is 14.3. The van der Waals surface area contributed by atoms with Crippen molar-refractivity contribution in [2.24, 2.45) is 0 Å². The smallest absolute Gasteiger partial charge is 0.0555 e. The van der Waals surface area contributed by atoms with E-state index in [9.17, 15) is 0 Å². The summed E-state index contributed by atoms with van der Waals surface area (Å²) in [6, 6.07) is 2.34. The average Bonchev–Trinajstić information content (AvgIpc) is 2.64. The molecule has 1 fully saturated rings. The second-order valence-electron chi connectivity index (χ2n) is 5.65. The van der Waals surface area contributed by atoms with Gasteiger partial charge in [0, 0.05) is 25.8 Å². The minimum absolute atomic E-state index is 1.12. The Morgan fingerprint density at radius 1 is 1.11 bits per heavy atom. The summed E-state index contributed by atoms with van der Waals surface area (Å²) in [6.07, 6.45) is 10.4. The molecule has 0 unspecified atom stereocenters. The van der Waals surface area contributed by atoms with E-state index in [1.165, 1.54) is 49.9 Å². The zero-order valence-electron chi connectivity index (χ0n) is 12.4. The fourth-order valence-electron chi connectivity index (χ4n) is 2.67. The van der Waals surface area contributed by atoms with Gasteiger partial charge in [0.05, 0.1) is 11.9 Å². The van der Waals surface area contributed by atoms with Gasteiger partial charge in [0.25, 0.3) is 0 Å². The molecule has 3 heteroatoms. The summed E-state index contributed by atoms with van der Waals surface area (Å²) in [7, 11) is 2.21. The number of anilines is 1. The summed E-state index contributed by atoms with van der Waals surface area (Å²) in [5.41, 5.74) is 2.70. The Labute approximate surface area is 117 Å². The molecule has 0 radical (unpaired) electrons. The van der Waals surface area contributed by atoms with Crippen LogP contribution in [0.25, 0.3) is 0 Å². The average molecular weight is 261 g/mol. The molecule has 1 aliphatic heterocycles. The molecule has 0 aromatic carbocycles. The van der Waals surface area contributed by atoms with E-state index in [1.54, 1.807) is 0 Å². The number of hydrogen-bond donors (Lipinski definition) is 0. The van der Waals surface area contributed by atoms with Gasteiger partial charge < -0.3 is 9.80 Å². The quantitative estimate of drug-likeness (QED) is 0.760. The minimum Gasteiger partial charge on any atom is -0.369 e. The lowest BCUT2D eigenvalue weighted by atomic mass is 10.1. The van der Waals surface area contributed by atoms with E-state index in [-0.39, 0.29) is 0 Å². The SMILES string of the molecule is CCCCCc1cncc(N2CCCN(C)CC2)c1. The van der Waals surface area contributed by atoms with E-state index >= 15 is 0 Å². The van der Waals surface area contributed by atoms with E-state index in [4.69, 9.17) is 0 Å². The van der Waals surface area contributed by atoms with Crippen molar-refractivity contribution in [2.75, 3.05) is 38.1 Å². The Morgan fingerprint density at radius 2 is 2.00 bits per heavy atom. The number of pyridine rings is 1. The molecule has 1 saturated heterocycles. The van der Waals surface area contributed by atoms with Crippen LogP contribution in [0.15, 0.2) is 18.5 Å². The van der Waals surface area contributed by atoms with Gasteiger partial charge in [0.15, 0.2) is 0 Å². The van der Waals surface area contributed by atoms with Crippen molar-refractivity contribution in [1.29, 1.82) is 0 Å². The molecule has 19 heavy (non-hydrogen) atoms. The number of hydrogen-bond acceptors (Lipinski definition) is 3. The summed E-state index contributed by atoms with van der Waals surface area (Å²) in [5, 5.41) is 0. The lowest BCUT2D eigenvalue weighted by molar-refractivity contribution is 0.360. The highest BCUT2D eigenvalue weighted by molar-refractivity contribution is 5.46. The molecule has 2 rings (SSSR count). The summed E-state index contributed by atoms with van der Waals surface area (Å²) >= 11 is 0. The Morgan fingerprint density at radius 3 is 2.84 bits per heavy atom. The maximum Gasteiger partial charge on any atom is 0.0555 e. The fraction of sp³-hybridized carbons (Fsp3) is 0.688. The van der Waals surface area contributed by atoms with Crippen LogP contribution in [0.1, 0.15) is 38.2 Å². The van der Waals surface area contributed by atoms with Crippen molar-refractivity contribution >= 4 is 5.69 Å². The lowest BCUT2D eigenvalue weighted by Crippen LogP contribution is -2.28. The van der Waals surface area contributed by atoms with Crippen LogP contribution in [-0.4, -0.2) is 43.1 Å². The summed E-state index contributed by atoms with van der Waals surface area (Å²) < 4.78 is 0. The normalized spacial score (nSPS) is 17.5. The predicted molar refractivity (Wildman–Crippen MR) is 81.8 cm³/mol. The topological polar surface area (TPSA) is 19.4 Å². The van der Waals surface area contributed by atoms with Crippen LogP contribution in [0.2, 0.25) is 0 Å². The molecule has 0 spiro atoms. The van der Waals surface area contributed by atoms with Crippen LogP contribution in [-0.2, 0) is 6.42 Å². The van der Waals surface area contributed by atoms with E-state index < -0.39 is 0 Å². The number of rotatable bonds is 5. The molecule has 3 nitrogen and oxygen atoms in total. The lowest BCUT2D eigenvalue weighted by Gasteiger charge is -2.22. The molecule has 0 aliphatic carbocycles. The van der Waals surface area contributed by atoms with Crippen LogP contribution in [0.5, 0.6) is 0 Å². The maximum absolute atomic E-state index is 4.43. The van der Waals surface area contributed by atoms with Gasteiger partial charge in [-0.3, -0.25) is 4.98 Å². The van der Waals surface area contributed by atoms with Crippen LogP contribution in [0.3, 0.4) is 0 Å².